The number of hydrogen-bond donors (Lipinski definition) is 1. The normalized spacial score (nSPS) is 11.4. The van der Waals surface area contributed by atoms with Gasteiger partial charge in [0.15, 0.2) is 5.82 Å². The number of aliphatic hydroxyl groups excluding tert-OH is 1. The van der Waals surface area contributed by atoms with E-state index in [0.29, 0.717) is 6.54 Å². The number of aliphatic hydroxyl groups is 1. The Hall–Kier alpha value is -1.62. The van der Waals surface area contributed by atoms with Crippen LogP contribution in [0.3, 0.4) is 0 Å². The molecule has 0 amide bonds. The van der Waals surface area contributed by atoms with Crippen LogP contribution in [0, 0.1) is 6.92 Å². The van der Waals surface area contributed by atoms with Gasteiger partial charge in [0.1, 0.15) is 5.52 Å². The van der Waals surface area contributed by atoms with Crippen molar-refractivity contribution in [3.63, 3.8) is 0 Å². The average molecular weight is 234 g/mol. The lowest BCUT2D eigenvalue weighted by molar-refractivity contribution is 0.298. The van der Waals surface area contributed by atoms with Crippen LogP contribution < -0.4 is 4.90 Å². The average Bonchev–Trinajstić information content (AvgIpc) is 2.65. The van der Waals surface area contributed by atoms with Crippen molar-refractivity contribution >= 4 is 11.3 Å². The summed E-state index contributed by atoms with van der Waals surface area (Å²) in [5, 5.41) is 13.5. The lowest BCUT2D eigenvalue weighted by Crippen LogP contribution is -2.34. The van der Waals surface area contributed by atoms with Crippen molar-refractivity contribution in [3.8, 4) is 0 Å². The highest BCUT2D eigenvalue weighted by Crippen LogP contribution is 2.21. The zero-order valence-corrected chi connectivity index (χ0v) is 10.5. The second-order valence-electron chi connectivity index (χ2n) is 4.38. The van der Waals surface area contributed by atoms with Crippen LogP contribution in [-0.2, 0) is 0 Å². The summed E-state index contributed by atoms with van der Waals surface area (Å²) in [5.74, 6) is 0.872. The van der Waals surface area contributed by atoms with E-state index < -0.39 is 0 Å². The fourth-order valence-corrected chi connectivity index (χ4v) is 1.97. The number of rotatable bonds is 4. The quantitative estimate of drug-likeness (QED) is 0.865. The molecular weight excluding hydrogens is 216 g/mol. The Kier molecular flexibility index (Phi) is 3.28. The highest BCUT2D eigenvalue weighted by molar-refractivity contribution is 5.69. The van der Waals surface area contributed by atoms with Crippen molar-refractivity contribution in [1.29, 1.82) is 0 Å². The molecule has 0 saturated carbocycles. The Bertz CT molecular complexity index is 506. The Morgan fingerprint density at radius 2 is 2.24 bits per heavy atom. The van der Waals surface area contributed by atoms with Crippen LogP contribution in [-0.4, -0.2) is 38.9 Å². The Labute approximate surface area is 101 Å². The maximum atomic E-state index is 9.13. The fourth-order valence-electron chi connectivity index (χ4n) is 1.97. The molecular formula is C12H18N4O. The predicted octanol–water partition coefficient (Wildman–Crippen LogP) is 1.24. The van der Waals surface area contributed by atoms with Crippen LogP contribution in [0.1, 0.15) is 19.5 Å². The highest BCUT2D eigenvalue weighted by Gasteiger charge is 2.15. The van der Waals surface area contributed by atoms with Crippen LogP contribution in [0.15, 0.2) is 18.5 Å². The van der Waals surface area contributed by atoms with Gasteiger partial charge in [-0.25, -0.2) is 9.50 Å². The molecule has 17 heavy (non-hydrogen) atoms. The molecule has 1 N–H and O–H groups in total. The van der Waals surface area contributed by atoms with E-state index in [0.717, 1.165) is 17.0 Å². The van der Waals surface area contributed by atoms with E-state index in [1.165, 1.54) is 0 Å². The maximum Gasteiger partial charge on any atom is 0.155 e. The number of hydrogen-bond acceptors (Lipinski definition) is 4. The Morgan fingerprint density at radius 3 is 2.88 bits per heavy atom. The minimum atomic E-state index is 0.119. The largest absolute Gasteiger partial charge is 0.395 e. The summed E-state index contributed by atoms with van der Waals surface area (Å²) in [4.78, 5) is 6.49. The summed E-state index contributed by atoms with van der Waals surface area (Å²) in [6.07, 6.45) is 3.57. The molecule has 2 rings (SSSR count). The molecule has 92 valence electrons. The second-order valence-corrected chi connectivity index (χ2v) is 4.38. The van der Waals surface area contributed by atoms with Crippen molar-refractivity contribution in [2.24, 2.45) is 0 Å². The van der Waals surface area contributed by atoms with Crippen LogP contribution in [0.25, 0.3) is 5.52 Å². The van der Waals surface area contributed by atoms with Crippen molar-refractivity contribution < 1.29 is 5.11 Å². The van der Waals surface area contributed by atoms with Gasteiger partial charge < -0.3 is 10.0 Å². The summed E-state index contributed by atoms with van der Waals surface area (Å²) in [7, 11) is 0. The number of nitrogens with zero attached hydrogens (tertiary/aromatic N) is 4. The molecule has 0 aliphatic heterocycles. The lowest BCUT2D eigenvalue weighted by Gasteiger charge is -2.27. The van der Waals surface area contributed by atoms with Crippen molar-refractivity contribution in [2.75, 3.05) is 18.1 Å². The first-order valence-electron chi connectivity index (χ1n) is 5.82. The van der Waals surface area contributed by atoms with E-state index in [-0.39, 0.29) is 12.6 Å². The zero-order chi connectivity index (χ0) is 12.4. The zero-order valence-electron chi connectivity index (χ0n) is 10.5. The third-order valence-corrected chi connectivity index (χ3v) is 2.73. The second kappa shape index (κ2) is 4.71. The minimum Gasteiger partial charge on any atom is -0.395 e. The van der Waals surface area contributed by atoms with Crippen molar-refractivity contribution in [1.82, 2.24) is 14.6 Å². The summed E-state index contributed by atoms with van der Waals surface area (Å²) in [6, 6.07) is 2.30. The number of aryl methyl sites for hydroxylation is 1. The smallest absolute Gasteiger partial charge is 0.155 e. The monoisotopic (exact) mass is 234 g/mol. The minimum absolute atomic E-state index is 0.119. The molecule has 5 heteroatoms. The van der Waals surface area contributed by atoms with Gasteiger partial charge in [-0.1, -0.05) is 0 Å². The van der Waals surface area contributed by atoms with Gasteiger partial charge in [-0.3, -0.25) is 0 Å². The van der Waals surface area contributed by atoms with E-state index in [2.05, 4.69) is 28.8 Å². The summed E-state index contributed by atoms with van der Waals surface area (Å²) in [6.45, 7) is 6.83. The SMILES string of the molecule is Cc1cc2c(N(CCO)C(C)C)nccn2n1. The molecule has 0 bridgehead atoms. The van der Waals surface area contributed by atoms with Gasteiger partial charge in [0.25, 0.3) is 0 Å². The predicted molar refractivity (Wildman–Crippen MR) is 67.3 cm³/mol. The molecule has 2 aromatic rings. The molecule has 5 nitrogen and oxygen atoms in total. The lowest BCUT2D eigenvalue weighted by atomic mass is 10.3. The van der Waals surface area contributed by atoms with E-state index >= 15 is 0 Å². The fraction of sp³-hybridized carbons (Fsp3) is 0.500. The van der Waals surface area contributed by atoms with Crippen LogP contribution in [0.5, 0.6) is 0 Å². The molecule has 2 aromatic heterocycles. The number of fused-ring (bicyclic) bond motifs is 1. The van der Waals surface area contributed by atoms with Crippen molar-refractivity contribution in [2.45, 2.75) is 26.8 Å². The highest BCUT2D eigenvalue weighted by atomic mass is 16.3. The first kappa shape index (κ1) is 11.9. The van der Waals surface area contributed by atoms with E-state index in [1.807, 2.05) is 23.7 Å². The first-order valence-corrected chi connectivity index (χ1v) is 5.82. The maximum absolute atomic E-state index is 9.13. The van der Waals surface area contributed by atoms with Gasteiger partial charge in [0.05, 0.1) is 12.3 Å². The van der Waals surface area contributed by atoms with Crippen LogP contribution >= 0.6 is 0 Å². The van der Waals surface area contributed by atoms with Gasteiger partial charge in [-0.15, -0.1) is 0 Å². The van der Waals surface area contributed by atoms with Gasteiger partial charge >= 0.3 is 0 Å². The first-order chi connectivity index (χ1) is 8.13. The molecule has 0 saturated heterocycles. The molecule has 0 atom stereocenters. The molecule has 0 radical (unpaired) electrons. The molecule has 0 unspecified atom stereocenters. The Morgan fingerprint density at radius 1 is 1.47 bits per heavy atom. The van der Waals surface area contributed by atoms with Crippen molar-refractivity contribution in [3.05, 3.63) is 24.2 Å². The molecule has 0 aliphatic carbocycles. The van der Waals surface area contributed by atoms with E-state index in [1.54, 1.807) is 6.20 Å². The van der Waals surface area contributed by atoms with Gasteiger partial charge in [0.2, 0.25) is 0 Å². The topological polar surface area (TPSA) is 53.7 Å². The third kappa shape index (κ3) is 2.24. The Balaban J connectivity index is 2.51. The molecule has 0 fully saturated rings. The number of anilines is 1. The van der Waals surface area contributed by atoms with E-state index in [9.17, 15) is 0 Å². The molecule has 0 aromatic carbocycles. The van der Waals surface area contributed by atoms with Crippen LogP contribution in [0.4, 0.5) is 5.82 Å². The molecule has 0 spiro atoms. The van der Waals surface area contributed by atoms with Crippen LogP contribution in [0.2, 0.25) is 0 Å². The van der Waals surface area contributed by atoms with Gasteiger partial charge in [-0.2, -0.15) is 5.10 Å². The third-order valence-electron chi connectivity index (χ3n) is 2.73. The molecule has 2 heterocycles. The summed E-state index contributed by atoms with van der Waals surface area (Å²) < 4.78 is 1.82. The van der Waals surface area contributed by atoms with Gasteiger partial charge in [-0.05, 0) is 26.8 Å². The number of aromatic nitrogens is 3. The summed E-state index contributed by atoms with van der Waals surface area (Å²) in [5.41, 5.74) is 1.94. The summed E-state index contributed by atoms with van der Waals surface area (Å²) >= 11 is 0. The van der Waals surface area contributed by atoms with Gasteiger partial charge in [0, 0.05) is 25.0 Å². The molecule has 0 aliphatic rings. The van der Waals surface area contributed by atoms with E-state index in [4.69, 9.17) is 5.11 Å². The standard InChI is InChI=1S/C12H18N4O/c1-9(2)15(6-7-17)12-11-8-10(3)14-16(11)5-4-13-12/h4-5,8-9,17H,6-7H2,1-3H3.